The fraction of sp³-hybridized carbons (Fsp3) is 0. The van der Waals surface area contributed by atoms with Crippen LogP contribution < -0.4 is 0 Å². The first-order chi connectivity index (χ1) is 5.61. The van der Waals surface area contributed by atoms with Crippen molar-refractivity contribution in [2.75, 3.05) is 0 Å². The molecule has 0 saturated heterocycles. The predicted molar refractivity (Wildman–Crippen MR) is 44.6 cm³/mol. The van der Waals surface area contributed by atoms with Gasteiger partial charge in [0, 0.05) is 12.4 Å². The summed E-state index contributed by atoms with van der Waals surface area (Å²) in [5.41, 5.74) is 0.311. The van der Waals surface area contributed by atoms with Gasteiger partial charge in [-0.3, -0.25) is 14.6 Å². The third kappa shape index (κ3) is 2.03. The Morgan fingerprint density at radius 2 is 1.50 bits per heavy atom. The highest BCUT2D eigenvalue weighted by Crippen LogP contribution is 2.07. The van der Waals surface area contributed by atoms with Gasteiger partial charge in [0.2, 0.25) is 0 Å². The number of pyridine rings is 1. The Bertz CT molecular complexity index is 309. The molecule has 1 aromatic heterocycles. The average Bonchev–Trinajstić information content (AvgIpc) is 2.04. The van der Waals surface area contributed by atoms with Crippen molar-refractivity contribution < 1.29 is 9.59 Å². The van der Waals surface area contributed by atoms with Gasteiger partial charge in [0.25, 0.3) is 10.5 Å². The van der Waals surface area contributed by atoms with Gasteiger partial charge in [0.05, 0.1) is 11.1 Å². The lowest BCUT2D eigenvalue weighted by Gasteiger charge is -1.94. The molecule has 0 aliphatic heterocycles. The summed E-state index contributed by atoms with van der Waals surface area (Å²) < 4.78 is 0. The smallest absolute Gasteiger partial charge is 0.253 e. The normalized spacial score (nSPS) is 9.50. The molecule has 1 rings (SSSR count). The van der Waals surface area contributed by atoms with Gasteiger partial charge < -0.3 is 0 Å². The van der Waals surface area contributed by atoms with Crippen LogP contribution >= 0.6 is 23.2 Å². The van der Waals surface area contributed by atoms with Crippen molar-refractivity contribution in [3.8, 4) is 0 Å². The molecule has 1 heterocycles. The van der Waals surface area contributed by atoms with Crippen LogP contribution in [0.3, 0.4) is 0 Å². The minimum Gasteiger partial charge on any atom is -0.276 e. The molecule has 0 radical (unpaired) electrons. The monoisotopic (exact) mass is 203 g/mol. The molecule has 0 aromatic carbocycles. The van der Waals surface area contributed by atoms with E-state index in [4.69, 9.17) is 23.2 Å². The molecule has 0 fully saturated rings. The Kier molecular flexibility index (Phi) is 2.78. The summed E-state index contributed by atoms with van der Waals surface area (Å²) >= 11 is 10.3. The van der Waals surface area contributed by atoms with Gasteiger partial charge in [0.1, 0.15) is 0 Å². The first-order valence-electron chi connectivity index (χ1n) is 2.96. The van der Waals surface area contributed by atoms with E-state index in [1.165, 1.54) is 18.5 Å². The first-order valence-corrected chi connectivity index (χ1v) is 3.71. The Morgan fingerprint density at radius 3 is 1.83 bits per heavy atom. The van der Waals surface area contributed by atoms with Gasteiger partial charge in [-0.25, -0.2) is 0 Å². The van der Waals surface area contributed by atoms with E-state index in [2.05, 4.69) is 4.98 Å². The van der Waals surface area contributed by atoms with Crippen LogP contribution in [0.25, 0.3) is 0 Å². The Morgan fingerprint density at radius 1 is 1.08 bits per heavy atom. The van der Waals surface area contributed by atoms with E-state index in [1.54, 1.807) is 0 Å². The van der Waals surface area contributed by atoms with Crippen LogP contribution in [0.2, 0.25) is 0 Å². The van der Waals surface area contributed by atoms with Gasteiger partial charge in [-0.15, -0.1) is 0 Å². The second-order valence-corrected chi connectivity index (χ2v) is 2.70. The summed E-state index contributed by atoms with van der Waals surface area (Å²) in [6.45, 7) is 0. The molecule has 0 atom stereocenters. The molecule has 0 saturated carbocycles. The molecule has 0 N–H and O–H groups in total. The highest BCUT2D eigenvalue weighted by atomic mass is 35.5. The summed E-state index contributed by atoms with van der Waals surface area (Å²) in [4.78, 5) is 24.8. The largest absolute Gasteiger partial charge is 0.276 e. The van der Waals surface area contributed by atoms with E-state index in [0.717, 1.165) is 0 Å². The van der Waals surface area contributed by atoms with E-state index in [0.29, 0.717) is 0 Å². The number of nitrogens with zero attached hydrogens (tertiary/aromatic N) is 1. The SMILES string of the molecule is O=C(Cl)c1cncc(C(=O)Cl)c1. The van der Waals surface area contributed by atoms with Crippen molar-refractivity contribution in [2.24, 2.45) is 0 Å². The van der Waals surface area contributed by atoms with Crippen molar-refractivity contribution in [1.82, 2.24) is 4.98 Å². The van der Waals surface area contributed by atoms with E-state index in [1.807, 2.05) is 0 Å². The maximum atomic E-state index is 10.6. The lowest BCUT2D eigenvalue weighted by Crippen LogP contribution is -1.95. The summed E-state index contributed by atoms with van der Waals surface area (Å²) in [6.07, 6.45) is 2.53. The third-order valence-electron chi connectivity index (χ3n) is 1.19. The average molecular weight is 204 g/mol. The minimum absolute atomic E-state index is 0.156. The molecular weight excluding hydrogens is 201 g/mol. The zero-order valence-electron chi connectivity index (χ0n) is 5.75. The van der Waals surface area contributed by atoms with Gasteiger partial charge in [-0.05, 0) is 29.3 Å². The van der Waals surface area contributed by atoms with Crippen LogP contribution in [-0.2, 0) is 0 Å². The number of carbonyl (C=O) groups excluding carboxylic acids is 2. The zero-order chi connectivity index (χ0) is 9.14. The predicted octanol–water partition coefficient (Wildman–Crippen LogP) is 1.84. The number of hydrogen-bond donors (Lipinski definition) is 0. The van der Waals surface area contributed by atoms with Gasteiger partial charge in [-0.2, -0.15) is 0 Å². The summed E-state index contributed by atoms with van der Waals surface area (Å²) in [7, 11) is 0. The maximum Gasteiger partial charge on any atom is 0.253 e. The number of aromatic nitrogens is 1. The molecule has 0 unspecified atom stereocenters. The third-order valence-corrected chi connectivity index (χ3v) is 1.63. The standard InChI is InChI=1S/C7H3Cl2NO2/c8-6(11)4-1-5(7(9)12)3-10-2-4/h1-3H. The van der Waals surface area contributed by atoms with Gasteiger partial charge in [-0.1, -0.05) is 0 Å². The van der Waals surface area contributed by atoms with Crippen LogP contribution in [0.4, 0.5) is 0 Å². The van der Waals surface area contributed by atoms with Crippen LogP contribution in [-0.4, -0.2) is 15.5 Å². The Hall–Kier alpha value is -0.930. The van der Waals surface area contributed by atoms with Crippen LogP contribution in [0.1, 0.15) is 20.7 Å². The molecule has 3 nitrogen and oxygen atoms in total. The molecule has 0 aliphatic rings. The van der Waals surface area contributed by atoms with Gasteiger partial charge in [0.15, 0.2) is 0 Å². The Labute approximate surface area is 78.3 Å². The molecule has 0 bridgehead atoms. The van der Waals surface area contributed by atoms with Gasteiger partial charge >= 0.3 is 0 Å². The van der Waals surface area contributed by atoms with Crippen molar-refractivity contribution in [3.05, 3.63) is 29.6 Å². The topological polar surface area (TPSA) is 47.0 Å². The van der Waals surface area contributed by atoms with E-state index < -0.39 is 10.5 Å². The maximum absolute atomic E-state index is 10.6. The second kappa shape index (κ2) is 3.65. The molecule has 1 aromatic rings. The first kappa shape index (κ1) is 9.16. The van der Waals surface area contributed by atoms with Crippen LogP contribution in [0, 0.1) is 0 Å². The lowest BCUT2D eigenvalue weighted by molar-refractivity contribution is 0.108. The molecule has 5 heteroatoms. The second-order valence-electron chi connectivity index (χ2n) is 2.01. The van der Waals surface area contributed by atoms with Crippen LogP contribution in [0.5, 0.6) is 0 Å². The summed E-state index contributed by atoms with van der Waals surface area (Å²) in [5.74, 6) is 0. The molecule has 0 amide bonds. The Balaban J connectivity index is 3.12. The van der Waals surface area contributed by atoms with Crippen molar-refractivity contribution in [3.63, 3.8) is 0 Å². The van der Waals surface area contributed by atoms with Crippen LogP contribution in [0.15, 0.2) is 18.5 Å². The highest BCUT2D eigenvalue weighted by Gasteiger charge is 2.06. The van der Waals surface area contributed by atoms with E-state index in [-0.39, 0.29) is 11.1 Å². The molecule has 62 valence electrons. The van der Waals surface area contributed by atoms with E-state index >= 15 is 0 Å². The quantitative estimate of drug-likeness (QED) is 0.690. The molecule has 0 spiro atoms. The van der Waals surface area contributed by atoms with Crippen molar-refractivity contribution >= 4 is 33.7 Å². The lowest BCUT2D eigenvalue weighted by atomic mass is 10.2. The fourth-order valence-electron chi connectivity index (χ4n) is 0.655. The number of rotatable bonds is 2. The fourth-order valence-corrected chi connectivity index (χ4v) is 0.862. The molecular formula is C7H3Cl2NO2. The minimum atomic E-state index is -0.665. The number of hydrogen-bond acceptors (Lipinski definition) is 3. The number of carbonyl (C=O) groups is 2. The summed E-state index contributed by atoms with van der Waals surface area (Å²) in [5, 5.41) is -1.33. The zero-order valence-corrected chi connectivity index (χ0v) is 7.26. The summed E-state index contributed by atoms with van der Waals surface area (Å²) in [6, 6.07) is 1.29. The highest BCUT2D eigenvalue weighted by molar-refractivity contribution is 6.69. The van der Waals surface area contributed by atoms with Crippen molar-refractivity contribution in [1.29, 1.82) is 0 Å². The number of halogens is 2. The molecule has 12 heavy (non-hydrogen) atoms. The van der Waals surface area contributed by atoms with Crippen molar-refractivity contribution in [2.45, 2.75) is 0 Å². The molecule has 0 aliphatic carbocycles. The van der Waals surface area contributed by atoms with E-state index in [9.17, 15) is 9.59 Å².